The van der Waals surface area contributed by atoms with E-state index in [0.717, 1.165) is 45.3 Å². The molecule has 0 amide bonds. The number of nitrogens with zero attached hydrogens (tertiary/aromatic N) is 5. The summed E-state index contributed by atoms with van der Waals surface area (Å²) in [4.78, 5) is 14.1. The van der Waals surface area contributed by atoms with E-state index in [9.17, 15) is 0 Å². The zero-order valence-corrected chi connectivity index (χ0v) is 27.0. The Balaban J connectivity index is 1.11. The molecular weight excluding hydrogens is 611 g/mol. The quantitative estimate of drug-likeness (QED) is 0.188. The Labute approximate surface area is 288 Å². The van der Waals surface area contributed by atoms with Crippen LogP contribution in [0.2, 0.25) is 0 Å². The highest BCUT2D eigenvalue weighted by Crippen LogP contribution is 2.37. The highest BCUT2D eigenvalue weighted by atomic mass is 15.0. The molecule has 5 aromatic heterocycles. The van der Waals surface area contributed by atoms with Gasteiger partial charge in [-0.15, -0.1) is 0 Å². The second-order valence-electron chi connectivity index (χ2n) is 12.5. The standard InChI is InChI=1S/C45H29N5/c1-4-16-42-34(11-1)35-12-2-5-17-43(35)50(42)33-23-24-45-37(29-33)36-13-3-6-18-44(36)49(45)32-21-19-30(20-22-32)31-27-40(38-14-7-9-25-46-38)48-41(28-31)39-15-8-10-26-47-39/h1-29H. The van der Waals surface area contributed by atoms with Gasteiger partial charge in [0.05, 0.1) is 44.8 Å². The first-order valence-electron chi connectivity index (χ1n) is 16.8. The number of para-hydroxylation sites is 3. The molecule has 5 heterocycles. The van der Waals surface area contributed by atoms with Crippen molar-refractivity contribution in [1.82, 2.24) is 24.1 Å². The molecule has 0 atom stereocenters. The van der Waals surface area contributed by atoms with Crippen molar-refractivity contribution >= 4 is 43.6 Å². The van der Waals surface area contributed by atoms with Crippen LogP contribution in [0.4, 0.5) is 0 Å². The van der Waals surface area contributed by atoms with Crippen LogP contribution in [0.25, 0.3) is 88.9 Å². The third kappa shape index (κ3) is 4.52. The molecule has 0 saturated heterocycles. The molecule has 0 aliphatic rings. The van der Waals surface area contributed by atoms with E-state index in [-0.39, 0.29) is 0 Å². The van der Waals surface area contributed by atoms with Crippen LogP contribution in [0.3, 0.4) is 0 Å². The lowest BCUT2D eigenvalue weighted by atomic mass is 10.0. The van der Waals surface area contributed by atoms with Crippen molar-refractivity contribution in [1.29, 1.82) is 0 Å². The van der Waals surface area contributed by atoms with Gasteiger partial charge >= 0.3 is 0 Å². The van der Waals surface area contributed by atoms with Crippen LogP contribution in [0.15, 0.2) is 176 Å². The van der Waals surface area contributed by atoms with Gasteiger partial charge < -0.3 is 9.13 Å². The molecule has 0 aliphatic heterocycles. The second kappa shape index (κ2) is 11.4. The van der Waals surface area contributed by atoms with Crippen LogP contribution < -0.4 is 0 Å². The number of rotatable bonds is 5. The smallest absolute Gasteiger partial charge is 0.0900 e. The minimum absolute atomic E-state index is 0.814. The van der Waals surface area contributed by atoms with E-state index in [2.05, 4.69) is 146 Å². The van der Waals surface area contributed by atoms with Gasteiger partial charge in [0.25, 0.3) is 0 Å². The molecular formula is C45H29N5. The molecule has 0 bridgehead atoms. The predicted octanol–water partition coefficient (Wildman–Crippen LogP) is 11.1. The van der Waals surface area contributed by atoms with Crippen LogP contribution >= 0.6 is 0 Å². The highest BCUT2D eigenvalue weighted by Gasteiger charge is 2.17. The summed E-state index contributed by atoms with van der Waals surface area (Å²) in [6.07, 6.45) is 3.60. The van der Waals surface area contributed by atoms with Gasteiger partial charge in [-0.2, -0.15) is 0 Å². The minimum atomic E-state index is 0.814. The zero-order valence-electron chi connectivity index (χ0n) is 27.0. The molecule has 0 spiro atoms. The molecule has 0 aliphatic carbocycles. The Kier molecular flexibility index (Phi) is 6.42. The van der Waals surface area contributed by atoms with Crippen molar-refractivity contribution in [2.45, 2.75) is 0 Å². The fourth-order valence-corrected chi connectivity index (χ4v) is 7.37. The number of pyridine rings is 3. The first kappa shape index (κ1) is 28.2. The number of benzene rings is 5. The molecule has 5 aromatic carbocycles. The molecule has 0 radical (unpaired) electrons. The maximum Gasteiger partial charge on any atom is 0.0900 e. The largest absolute Gasteiger partial charge is 0.309 e. The van der Waals surface area contributed by atoms with Gasteiger partial charge in [0.2, 0.25) is 0 Å². The fraction of sp³-hybridized carbons (Fsp3) is 0. The van der Waals surface area contributed by atoms with Crippen LogP contribution in [-0.2, 0) is 0 Å². The third-order valence-corrected chi connectivity index (χ3v) is 9.63. The van der Waals surface area contributed by atoms with E-state index >= 15 is 0 Å². The Morgan fingerprint density at radius 2 is 0.780 bits per heavy atom. The van der Waals surface area contributed by atoms with E-state index < -0.39 is 0 Å². The molecule has 234 valence electrons. The van der Waals surface area contributed by atoms with Gasteiger partial charge in [-0.05, 0) is 96.1 Å². The fourth-order valence-electron chi connectivity index (χ4n) is 7.37. The van der Waals surface area contributed by atoms with Gasteiger partial charge in [-0.1, -0.05) is 78.9 Å². The third-order valence-electron chi connectivity index (χ3n) is 9.63. The molecule has 0 fully saturated rings. The Bertz CT molecular complexity index is 2740. The van der Waals surface area contributed by atoms with Crippen molar-refractivity contribution in [2.24, 2.45) is 0 Å². The molecule has 5 heteroatoms. The first-order chi connectivity index (χ1) is 24.8. The van der Waals surface area contributed by atoms with Crippen molar-refractivity contribution < 1.29 is 0 Å². The Hall–Kier alpha value is -6.85. The Morgan fingerprint density at radius 1 is 0.320 bits per heavy atom. The zero-order chi connectivity index (χ0) is 33.0. The number of hydrogen-bond acceptors (Lipinski definition) is 3. The number of aromatic nitrogens is 5. The average molecular weight is 640 g/mol. The summed E-state index contributed by atoms with van der Waals surface area (Å²) >= 11 is 0. The van der Waals surface area contributed by atoms with Crippen LogP contribution in [0.1, 0.15) is 0 Å². The summed E-state index contributed by atoms with van der Waals surface area (Å²) in [7, 11) is 0. The summed E-state index contributed by atoms with van der Waals surface area (Å²) in [6, 6.07) is 57.7. The average Bonchev–Trinajstić information content (AvgIpc) is 3.71. The van der Waals surface area contributed by atoms with Crippen LogP contribution in [0.5, 0.6) is 0 Å². The van der Waals surface area contributed by atoms with Gasteiger partial charge in [0, 0.05) is 45.3 Å². The molecule has 50 heavy (non-hydrogen) atoms. The molecule has 0 N–H and O–H groups in total. The molecule has 5 nitrogen and oxygen atoms in total. The summed E-state index contributed by atoms with van der Waals surface area (Å²) in [6.45, 7) is 0. The van der Waals surface area contributed by atoms with Gasteiger partial charge in [0.15, 0.2) is 0 Å². The van der Waals surface area contributed by atoms with Crippen LogP contribution in [-0.4, -0.2) is 24.1 Å². The Morgan fingerprint density at radius 3 is 1.32 bits per heavy atom. The lowest BCUT2D eigenvalue weighted by Gasteiger charge is -2.12. The van der Waals surface area contributed by atoms with Crippen molar-refractivity contribution in [3.63, 3.8) is 0 Å². The first-order valence-corrected chi connectivity index (χ1v) is 16.8. The van der Waals surface area contributed by atoms with E-state index in [1.807, 2.05) is 36.4 Å². The van der Waals surface area contributed by atoms with E-state index in [4.69, 9.17) is 4.98 Å². The second-order valence-corrected chi connectivity index (χ2v) is 12.5. The monoisotopic (exact) mass is 639 g/mol. The van der Waals surface area contributed by atoms with Gasteiger partial charge in [-0.25, -0.2) is 4.98 Å². The number of fused-ring (bicyclic) bond motifs is 6. The summed E-state index contributed by atoms with van der Waals surface area (Å²) < 4.78 is 4.76. The molecule has 0 unspecified atom stereocenters. The molecule has 10 rings (SSSR count). The SMILES string of the molecule is c1ccc(-c2cc(-c3ccc(-n4c5ccccc5c5cc(-n6c7ccccc7c7ccccc76)ccc54)cc3)cc(-c3ccccn3)n2)nc1. The number of hydrogen-bond donors (Lipinski definition) is 0. The maximum absolute atomic E-state index is 4.95. The predicted molar refractivity (Wildman–Crippen MR) is 205 cm³/mol. The minimum Gasteiger partial charge on any atom is -0.309 e. The van der Waals surface area contributed by atoms with Crippen molar-refractivity contribution in [2.75, 3.05) is 0 Å². The van der Waals surface area contributed by atoms with Gasteiger partial charge in [0.1, 0.15) is 0 Å². The van der Waals surface area contributed by atoms with E-state index in [0.29, 0.717) is 0 Å². The molecule has 0 saturated carbocycles. The van der Waals surface area contributed by atoms with E-state index in [1.165, 1.54) is 43.6 Å². The maximum atomic E-state index is 4.95. The normalized spacial score (nSPS) is 11.6. The van der Waals surface area contributed by atoms with Crippen molar-refractivity contribution in [3.8, 4) is 45.3 Å². The van der Waals surface area contributed by atoms with Crippen LogP contribution in [0, 0.1) is 0 Å². The lowest BCUT2D eigenvalue weighted by molar-refractivity contribution is 1.16. The summed E-state index contributed by atoms with van der Waals surface area (Å²) in [5.74, 6) is 0. The molecule has 10 aromatic rings. The van der Waals surface area contributed by atoms with E-state index in [1.54, 1.807) is 12.4 Å². The van der Waals surface area contributed by atoms with Gasteiger partial charge in [-0.3, -0.25) is 9.97 Å². The highest BCUT2D eigenvalue weighted by molar-refractivity contribution is 6.12. The lowest BCUT2D eigenvalue weighted by Crippen LogP contribution is -1.96. The summed E-state index contributed by atoms with van der Waals surface area (Å²) in [5.41, 5.74) is 12.5. The van der Waals surface area contributed by atoms with Crippen molar-refractivity contribution in [3.05, 3.63) is 176 Å². The summed E-state index contributed by atoms with van der Waals surface area (Å²) in [5, 5.41) is 4.97. The topological polar surface area (TPSA) is 48.5 Å².